The molecule has 0 saturated carbocycles. The Bertz CT molecular complexity index is 1200. The molecule has 4 heterocycles. The van der Waals surface area contributed by atoms with Crippen LogP contribution in [0.25, 0.3) is 6.08 Å². The van der Waals surface area contributed by atoms with Crippen molar-refractivity contribution in [2.24, 2.45) is 0 Å². The first-order chi connectivity index (χ1) is 16.1. The Morgan fingerprint density at radius 1 is 0.909 bits per heavy atom. The predicted molar refractivity (Wildman–Crippen MR) is 124 cm³/mol. The maximum Gasteiger partial charge on any atom is 0.290 e. The highest BCUT2D eigenvalue weighted by Crippen LogP contribution is 2.28. The topological polar surface area (TPSA) is 113 Å². The van der Waals surface area contributed by atoms with Gasteiger partial charge in [-0.25, -0.2) is 15.0 Å². The number of hydrogen-bond acceptors (Lipinski definition) is 10. The predicted octanol–water partition coefficient (Wildman–Crippen LogP) is 2.71. The van der Waals surface area contributed by atoms with Crippen LogP contribution < -0.4 is 19.9 Å². The molecule has 2 aliphatic rings. The van der Waals surface area contributed by atoms with Crippen LogP contribution in [0, 0.1) is 0 Å². The summed E-state index contributed by atoms with van der Waals surface area (Å²) in [6.45, 7) is 2.74. The van der Waals surface area contributed by atoms with Gasteiger partial charge >= 0.3 is 0 Å². The summed E-state index contributed by atoms with van der Waals surface area (Å²) in [7, 11) is 0. The second-order valence-electron chi connectivity index (χ2n) is 7.22. The van der Waals surface area contributed by atoms with E-state index < -0.39 is 11.1 Å². The van der Waals surface area contributed by atoms with E-state index in [2.05, 4.69) is 30.2 Å². The average Bonchev–Trinajstić information content (AvgIpc) is 3.16. The summed E-state index contributed by atoms with van der Waals surface area (Å²) in [6, 6.07) is 12.7. The smallest absolute Gasteiger partial charge is 0.290 e. The number of carbonyl (C=O) groups is 2. The maximum atomic E-state index is 12.0. The number of aromatic nitrogens is 4. The lowest BCUT2D eigenvalue weighted by molar-refractivity contribution is -0.115. The molecule has 0 unspecified atom stereocenters. The largest absolute Gasteiger partial charge is 0.439 e. The Labute approximate surface area is 193 Å². The van der Waals surface area contributed by atoms with E-state index in [1.807, 2.05) is 35.2 Å². The number of hydrogen-bond donors (Lipinski definition) is 1. The molecule has 0 atom stereocenters. The molecular weight excluding hydrogens is 442 g/mol. The molecule has 33 heavy (non-hydrogen) atoms. The molecule has 2 amide bonds. The number of imide groups is 1. The fourth-order valence-corrected chi connectivity index (χ4v) is 4.09. The van der Waals surface area contributed by atoms with E-state index in [4.69, 9.17) is 4.74 Å². The number of amides is 2. The van der Waals surface area contributed by atoms with Gasteiger partial charge in [-0.1, -0.05) is 18.2 Å². The summed E-state index contributed by atoms with van der Waals surface area (Å²) in [6.07, 6.45) is 5.02. The molecule has 0 aliphatic carbocycles. The Hall–Kier alpha value is -3.99. The maximum absolute atomic E-state index is 12.0. The number of piperazine rings is 1. The summed E-state index contributed by atoms with van der Waals surface area (Å²) < 4.78 is 5.94. The van der Waals surface area contributed by atoms with Gasteiger partial charge in [0.05, 0.1) is 10.6 Å². The first-order valence-corrected chi connectivity index (χ1v) is 11.1. The number of para-hydroxylation sites is 1. The van der Waals surface area contributed by atoms with Gasteiger partial charge in [0, 0.05) is 44.6 Å². The minimum atomic E-state index is -0.438. The molecule has 166 valence electrons. The molecule has 0 bridgehead atoms. The first-order valence-electron chi connectivity index (χ1n) is 10.3. The Balaban J connectivity index is 1.41. The van der Waals surface area contributed by atoms with Gasteiger partial charge in [0.1, 0.15) is 5.75 Å². The van der Waals surface area contributed by atoms with Gasteiger partial charge in [-0.2, -0.15) is 4.98 Å². The van der Waals surface area contributed by atoms with Crippen molar-refractivity contribution in [3.8, 4) is 11.6 Å². The normalized spacial score (nSPS) is 17.4. The van der Waals surface area contributed by atoms with Crippen molar-refractivity contribution in [1.82, 2.24) is 25.3 Å². The van der Waals surface area contributed by atoms with E-state index >= 15 is 0 Å². The molecule has 3 aromatic rings. The van der Waals surface area contributed by atoms with Crippen molar-refractivity contribution in [2.45, 2.75) is 0 Å². The summed E-state index contributed by atoms with van der Waals surface area (Å²) in [5, 5.41) is 1.85. The second kappa shape index (κ2) is 9.25. The summed E-state index contributed by atoms with van der Waals surface area (Å²) in [4.78, 5) is 45.8. The third-order valence-electron chi connectivity index (χ3n) is 4.99. The van der Waals surface area contributed by atoms with Crippen LogP contribution in [-0.2, 0) is 4.79 Å². The molecule has 0 radical (unpaired) electrons. The fraction of sp³-hybridized carbons (Fsp3) is 0.182. The van der Waals surface area contributed by atoms with Gasteiger partial charge in [-0.05, 0) is 36.0 Å². The molecule has 0 spiro atoms. The van der Waals surface area contributed by atoms with Crippen LogP contribution in [0.4, 0.5) is 16.7 Å². The number of ether oxygens (including phenoxy) is 1. The van der Waals surface area contributed by atoms with E-state index in [0.29, 0.717) is 55.4 Å². The minimum absolute atomic E-state index is 0.279. The van der Waals surface area contributed by atoms with Gasteiger partial charge in [0.15, 0.2) is 0 Å². The molecule has 1 aromatic carbocycles. The number of benzene rings is 1. The number of rotatable bonds is 5. The van der Waals surface area contributed by atoms with Crippen molar-refractivity contribution in [2.75, 3.05) is 36.0 Å². The molecule has 10 nitrogen and oxygen atoms in total. The lowest BCUT2D eigenvalue weighted by Gasteiger charge is -2.34. The molecule has 5 rings (SSSR count). The molecule has 2 aliphatic heterocycles. The van der Waals surface area contributed by atoms with E-state index in [0.717, 1.165) is 11.8 Å². The third kappa shape index (κ3) is 4.93. The van der Waals surface area contributed by atoms with Crippen LogP contribution in [-0.4, -0.2) is 57.3 Å². The van der Waals surface area contributed by atoms with E-state index in [1.54, 1.807) is 30.6 Å². The van der Waals surface area contributed by atoms with Crippen molar-refractivity contribution in [3.63, 3.8) is 0 Å². The van der Waals surface area contributed by atoms with E-state index in [-0.39, 0.29) is 4.91 Å². The number of nitrogens with zero attached hydrogens (tertiary/aromatic N) is 6. The Kier molecular flexibility index (Phi) is 5.85. The van der Waals surface area contributed by atoms with Crippen LogP contribution >= 0.6 is 11.8 Å². The molecular formula is C22H19N7O3S. The van der Waals surface area contributed by atoms with E-state index in [9.17, 15) is 9.59 Å². The quantitative estimate of drug-likeness (QED) is 0.569. The SMILES string of the molecule is O=C1NC(=O)C(=Cc2cc(Oc3ccccc3)nc(N3CCN(c4ncccn4)CC3)n2)S1. The molecule has 2 aromatic heterocycles. The highest BCUT2D eigenvalue weighted by atomic mass is 32.2. The van der Waals surface area contributed by atoms with Crippen molar-refractivity contribution < 1.29 is 14.3 Å². The number of nitrogens with one attached hydrogen (secondary N) is 1. The standard InChI is InChI=1S/C22H19N7O3S/c30-19-17(33-22(31)27-19)13-15-14-18(32-16-5-2-1-3-6-16)26-21(25-15)29-11-9-28(10-12-29)20-23-7-4-8-24-20/h1-8,13-14H,9-12H2,(H,27,30,31). The van der Waals surface area contributed by atoms with Gasteiger partial charge in [-0.3, -0.25) is 14.9 Å². The highest BCUT2D eigenvalue weighted by molar-refractivity contribution is 8.18. The third-order valence-corrected chi connectivity index (χ3v) is 5.81. The fourth-order valence-electron chi connectivity index (χ4n) is 3.42. The zero-order valence-corrected chi connectivity index (χ0v) is 18.2. The lowest BCUT2D eigenvalue weighted by Crippen LogP contribution is -2.47. The van der Waals surface area contributed by atoms with Crippen LogP contribution in [0.2, 0.25) is 0 Å². The van der Waals surface area contributed by atoms with Gasteiger partial charge < -0.3 is 14.5 Å². The molecule has 1 N–H and O–H groups in total. The van der Waals surface area contributed by atoms with E-state index in [1.165, 1.54) is 0 Å². The monoisotopic (exact) mass is 461 g/mol. The lowest BCUT2D eigenvalue weighted by atomic mass is 10.3. The van der Waals surface area contributed by atoms with Crippen LogP contribution in [0.3, 0.4) is 0 Å². The summed E-state index contributed by atoms with van der Waals surface area (Å²) in [5.41, 5.74) is 0.479. The summed E-state index contributed by atoms with van der Waals surface area (Å²) >= 11 is 0.844. The van der Waals surface area contributed by atoms with Gasteiger partial charge in [-0.15, -0.1) is 0 Å². The molecule has 2 fully saturated rings. The highest BCUT2D eigenvalue weighted by Gasteiger charge is 2.26. The number of anilines is 2. The van der Waals surface area contributed by atoms with Gasteiger partial charge in [0.25, 0.3) is 11.1 Å². The Morgan fingerprint density at radius 2 is 1.61 bits per heavy atom. The van der Waals surface area contributed by atoms with Crippen LogP contribution in [0.15, 0.2) is 59.8 Å². The average molecular weight is 462 g/mol. The second-order valence-corrected chi connectivity index (χ2v) is 8.24. The minimum Gasteiger partial charge on any atom is -0.439 e. The first kappa shape index (κ1) is 20.9. The number of carbonyl (C=O) groups excluding carboxylic acids is 2. The Morgan fingerprint density at radius 3 is 2.27 bits per heavy atom. The zero-order valence-electron chi connectivity index (χ0n) is 17.4. The van der Waals surface area contributed by atoms with Crippen molar-refractivity contribution in [3.05, 3.63) is 65.5 Å². The van der Waals surface area contributed by atoms with Crippen molar-refractivity contribution >= 4 is 40.9 Å². The van der Waals surface area contributed by atoms with Gasteiger partial charge in [0.2, 0.25) is 17.8 Å². The molecule has 11 heteroatoms. The van der Waals surface area contributed by atoms with Crippen LogP contribution in [0.1, 0.15) is 5.69 Å². The summed E-state index contributed by atoms with van der Waals surface area (Å²) in [5.74, 6) is 1.72. The molecule has 2 saturated heterocycles. The van der Waals surface area contributed by atoms with Crippen molar-refractivity contribution in [1.29, 1.82) is 0 Å². The zero-order chi connectivity index (χ0) is 22.6. The van der Waals surface area contributed by atoms with Crippen LogP contribution in [0.5, 0.6) is 11.6 Å². The number of thioether (sulfide) groups is 1.